The number of pyridine rings is 1. The van der Waals surface area contributed by atoms with Gasteiger partial charge in [0.15, 0.2) is 0 Å². The topological polar surface area (TPSA) is 12.9 Å². The Bertz CT molecular complexity index is 348. The smallest absolute Gasteiger partial charge is 0.249 e. The molecule has 16 heavy (non-hydrogen) atoms. The summed E-state index contributed by atoms with van der Waals surface area (Å²) in [4.78, 5) is 3.72. The Morgan fingerprint density at radius 3 is 2.56 bits per heavy atom. The highest BCUT2D eigenvalue weighted by atomic mass is 35.5. The van der Waals surface area contributed by atoms with Gasteiger partial charge in [-0.25, -0.2) is 4.98 Å². The molecule has 0 fully saturated rings. The summed E-state index contributed by atoms with van der Waals surface area (Å²) in [6.07, 6.45) is 0.137. The molecule has 0 saturated carbocycles. The van der Waals surface area contributed by atoms with E-state index in [9.17, 15) is 13.2 Å². The van der Waals surface area contributed by atoms with Gasteiger partial charge in [0.1, 0.15) is 0 Å². The minimum absolute atomic E-state index is 0.432. The highest BCUT2D eigenvalue weighted by Crippen LogP contribution is 2.29. The maximum atomic E-state index is 12.2. The quantitative estimate of drug-likeness (QED) is 0.465. The van der Waals surface area contributed by atoms with Gasteiger partial charge >= 0.3 is 6.18 Å². The summed E-state index contributed by atoms with van der Waals surface area (Å²) in [5, 5.41) is 0.562. The van der Waals surface area contributed by atoms with E-state index in [0.29, 0.717) is 16.7 Å². The lowest BCUT2D eigenvalue weighted by Crippen LogP contribution is -2.05. The number of halogens is 4. The molecule has 1 aromatic heterocycles. The molecule has 0 saturated heterocycles. The lowest BCUT2D eigenvalue weighted by atomic mass is 10.3. The molecule has 1 nitrogen and oxygen atoms in total. The zero-order chi connectivity index (χ0) is 12.0. The zero-order valence-corrected chi connectivity index (χ0v) is 9.74. The molecule has 0 N–H and O–H groups in total. The fourth-order valence-electron chi connectivity index (χ4n) is 0.898. The van der Waals surface area contributed by atoms with Crippen molar-refractivity contribution in [2.45, 2.75) is 11.2 Å². The van der Waals surface area contributed by atoms with E-state index in [1.807, 2.05) is 6.08 Å². The minimum Gasteiger partial charge on any atom is -0.249 e. The molecule has 0 aromatic carbocycles. The Morgan fingerprint density at radius 2 is 2.06 bits per heavy atom. The highest BCUT2D eigenvalue weighted by Gasteiger charge is 2.30. The maximum Gasteiger partial charge on any atom is 0.417 e. The van der Waals surface area contributed by atoms with Gasteiger partial charge in [0.05, 0.1) is 10.6 Å². The number of hydrogen-bond donors (Lipinski definition) is 0. The Balaban J connectivity index is 2.55. The van der Waals surface area contributed by atoms with Crippen molar-refractivity contribution in [3.63, 3.8) is 0 Å². The Morgan fingerprint density at radius 1 is 1.31 bits per heavy atom. The minimum atomic E-state index is -4.32. The van der Waals surface area contributed by atoms with Gasteiger partial charge in [-0.3, -0.25) is 0 Å². The predicted molar refractivity (Wildman–Crippen MR) is 59.8 cm³/mol. The molecule has 6 heteroatoms. The first-order chi connectivity index (χ1) is 7.54. The molecule has 0 aliphatic carbocycles. The number of nitrogens with zero attached hydrogens (tertiary/aromatic N) is 1. The van der Waals surface area contributed by atoms with Gasteiger partial charge in [0, 0.05) is 17.8 Å². The summed E-state index contributed by atoms with van der Waals surface area (Å²) in [7, 11) is 0. The van der Waals surface area contributed by atoms with Crippen molar-refractivity contribution in [2.24, 2.45) is 0 Å². The second kappa shape index (κ2) is 6.15. The van der Waals surface area contributed by atoms with Crippen LogP contribution in [-0.2, 0) is 6.18 Å². The molecular weight excluding hydrogens is 259 g/mol. The summed E-state index contributed by atoms with van der Waals surface area (Å²) in [6.45, 7) is 0. The summed E-state index contributed by atoms with van der Waals surface area (Å²) in [5.74, 6) is 1.08. The van der Waals surface area contributed by atoms with Crippen LogP contribution in [0.1, 0.15) is 5.56 Å². The number of alkyl halides is 4. The number of thioether (sulfide) groups is 1. The molecule has 1 rings (SSSR count). The van der Waals surface area contributed by atoms with Crippen LogP contribution < -0.4 is 0 Å². The fourth-order valence-corrected chi connectivity index (χ4v) is 1.72. The van der Waals surface area contributed by atoms with E-state index in [1.165, 1.54) is 17.8 Å². The van der Waals surface area contributed by atoms with Crippen LogP contribution in [0.5, 0.6) is 0 Å². The van der Waals surface area contributed by atoms with Crippen LogP contribution in [0.15, 0.2) is 35.5 Å². The van der Waals surface area contributed by atoms with E-state index in [1.54, 1.807) is 6.08 Å². The van der Waals surface area contributed by atoms with E-state index in [4.69, 9.17) is 11.6 Å². The third-order valence-electron chi connectivity index (χ3n) is 1.65. The van der Waals surface area contributed by atoms with Crippen LogP contribution in [-0.4, -0.2) is 16.6 Å². The number of hydrogen-bond acceptors (Lipinski definition) is 2. The molecule has 0 radical (unpaired) electrons. The van der Waals surface area contributed by atoms with Crippen molar-refractivity contribution in [2.75, 3.05) is 11.6 Å². The lowest BCUT2D eigenvalue weighted by Gasteiger charge is -2.05. The zero-order valence-electron chi connectivity index (χ0n) is 8.17. The van der Waals surface area contributed by atoms with Gasteiger partial charge in [-0.05, 0) is 12.1 Å². The van der Waals surface area contributed by atoms with Crippen LogP contribution in [0.25, 0.3) is 0 Å². The Labute approximate surface area is 101 Å². The average molecular weight is 268 g/mol. The van der Waals surface area contributed by atoms with E-state index < -0.39 is 11.7 Å². The van der Waals surface area contributed by atoms with E-state index >= 15 is 0 Å². The molecular formula is C10H9ClF3NS. The Hall–Kier alpha value is -0.680. The monoisotopic (exact) mass is 267 g/mol. The van der Waals surface area contributed by atoms with Crippen LogP contribution in [0, 0.1) is 0 Å². The van der Waals surface area contributed by atoms with Crippen LogP contribution in [0.3, 0.4) is 0 Å². The number of aromatic nitrogens is 1. The lowest BCUT2D eigenvalue weighted by molar-refractivity contribution is -0.137. The van der Waals surface area contributed by atoms with Gasteiger partial charge in [0.2, 0.25) is 0 Å². The largest absolute Gasteiger partial charge is 0.417 e. The summed E-state index contributed by atoms with van der Waals surface area (Å²) < 4.78 is 36.6. The van der Waals surface area contributed by atoms with E-state index in [-0.39, 0.29) is 0 Å². The fraction of sp³-hybridized carbons (Fsp3) is 0.300. The molecule has 88 valence electrons. The molecule has 0 spiro atoms. The Kier molecular flexibility index (Phi) is 5.15. The van der Waals surface area contributed by atoms with Crippen molar-refractivity contribution >= 4 is 23.4 Å². The summed E-state index contributed by atoms with van der Waals surface area (Å²) >= 11 is 6.77. The van der Waals surface area contributed by atoms with Crippen molar-refractivity contribution < 1.29 is 13.2 Å². The van der Waals surface area contributed by atoms with Crippen molar-refractivity contribution in [1.29, 1.82) is 0 Å². The van der Waals surface area contributed by atoms with E-state index in [2.05, 4.69) is 4.98 Å². The first-order valence-electron chi connectivity index (χ1n) is 4.41. The molecule has 0 atom stereocenters. The third-order valence-corrected chi connectivity index (χ3v) is 2.72. The normalized spacial score (nSPS) is 12.2. The van der Waals surface area contributed by atoms with Gasteiger partial charge < -0.3 is 0 Å². The molecule has 0 aliphatic rings. The molecule has 0 unspecified atom stereocenters. The maximum absolute atomic E-state index is 12.2. The third kappa shape index (κ3) is 4.45. The highest BCUT2D eigenvalue weighted by molar-refractivity contribution is 7.99. The number of rotatable bonds is 4. The van der Waals surface area contributed by atoms with Gasteiger partial charge in [-0.1, -0.05) is 12.2 Å². The summed E-state index contributed by atoms with van der Waals surface area (Å²) in [5.41, 5.74) is -0.729. The van der Waals surface area contributed by atoms with Crippen molar-refractivity contribution in [1.82, 2.24) is 4.98 Å². The standard InChI is InChI=1S/C10H9ClF3NS/c11-5-1-2-6-16-9-4-3-8(7-15-9)10(12,13)14/h1-4,7H,5-6H2. The van der Waals surface area contributed by atoms with Crippen molar-refractivity contribution in [3.8, 4) is 0 Å². The van der Waals surface area contributed by atoms with E-state index in [0.717, 1.165) is 12.3 Å². The SMILES string of the molecule is FC(F)(F)c1ccc(SCC=CCCl)nc1. The second-order valence-corrected chi connectivity index (χ2v) is 4.17. The first kappa shape index (κ1) is 13.4. The van der Waals surface area contributed by atoms with Crippen LogP contribution >= 0.6 is 23.4 Å². The second-order valence-electron chi connectivity index (χ2n) is 2.82. The van der Waals surface area contributed by atoms with Crippen molar-refractivity contribution in [3.05, 3.63) is 36.0 Å². The van der Waals surface area contributed by atoms with Gasteiger partial charge in [0.25, 0.3) is 0 Å². The molecule has 0 aliphatic heterocycles. The molecule has 0 amide bonds. The van der Waals surface area contributed by atoms with Gasteiger partial charge in [-0.2, -0.15) is 13.2 Å². The molecule has 0 bridgehead atoms. The summed E-state index contributed by atoms with van der Waals surface area (Å²) in [6, 6.07) is 2.39. The predicted octanol–water partition coefficient (Wildman–Crippen LogP) is 3.99. The van der Waals surface area contributed by atoms with Gasteiger partial charge in [-0.15, -0.1) is 23.4 Å². The van der Waals surface area contributed by atoms with Crippen LogP contribution in [0.4, 0.5) is 13.2 Å². The number of allylic oxidation sites excluding steroid dienone is 1. The average Bonchev–Trinajstić information content (AvgIpc) is 2.24. The first-order valence-corrected chi connectivity index (χ1v) is 5.93. The van der Waals surface area contributed by atoms with Crippen LogP contribution in [0.2, 0.25) is 0 Å². The molecule has 1 heterocycles. The molecule has 1 aromatic rings.